The second kappa shape index (κ2) is 7.34. The molecule has 0 saturated heterocycles. The molecule has 1 heterocycles. The van der Waals surface area contributed by atoms with Gasteiger partial charge in [0.2, 0.25) is 0 Å². The Bertz CT molecular complexity index is 485. The van der Waals surface area contributed by atoms with Gasteiger partial charge >= 0.3 is 0 Å². The van der Waals surface area contributed by atoms with E-state index in [2.05, 4.69) is 37.1 Å². The molecule has 1 aliphatic heterocycles. The van der Waals surface area contributed by atoms with Crippen molar-refractivity contribution >= 4 is 5.96 Å². The predicted octanol–water partition coefficient (Wildman–Crippen LogP) is 3.24. The number of para-hydroxylation sites is 1. The Morgan fingerprint density at radius 1 is 1.33 bits per heavy atom. The van der Waals surface area contributed by atoms with Crippen molar-refractivity contribution in [2.45, 2.75) is 52.1 Å². The maximum Gasteiger partial charge on any atom is 0.189 e. The maximum absolute atomic E-state index is 6.03. The highest BCUT2D eigenvalue weighted by molar-refractivity contribution is 5.78. The molecule has 0 saturated carbocycles. The fraction of sp³-hybridized carbons (Fsp3) is 0.588. The highest BCUT2D eigenvalue weighted by atomic mass is 16.5. The molecule has 1 aromatic rings. The average Bonchev–Trinajstić information content (AvgIpc) is 2.81. The summed E-state index contributed by atoms with van der Waals surface area (Å²) in [5.74, 6) is 2.19. The van der Waals surface area contributed by atoms with E-state index in [1.165, 1.54) is 12.8 Å². The number of fused-ring (bicyclic) bond motifs is 1. The Balaban J connectivity index is 1.84. The zero-order valence-corrected chi connectivity index (χ0v) is 13.3. The lowest BCUT2D eigenvalue weighted by Crippen LogP contribution is -2.38. The van der Waals surface area contributed by atoms with Crippen LogP contribution in [-0.4, -0.2) is 18.6 Å². The van der Waals surface area contributed by atoms with Gasteiger partial charge in [-0.2, -0.15) is 0 Å². The average molecular weight is 289 g/mol. The van der Waals surface area contributed by atoms with E-state index in [1.807, 2.05) is 18.2 Å². The number of aliphatic imine (C=N–C) groups is 1. The van der Waals surface area contributed by atoms with Crippen molar-refractivity contribution in [3.05, 3.63) is 29.8 Å². The lowest BCUT2D eigenvalue weighted by atomic mass is 10.0. The summed E-state index contributed by atoms with van der Waals surface area (Å²) in [7, 11) is 0. The van der Waals surface area contributed by atoms with Crippen LogP contribution < -0.4 is 15.8 Å². The van der Waals surface area contributed by atoms with Crippen molar-refractivity contribution in [2.24, 2.45) is 16.6 Å². The summed E-state index contributed by atoms with van der Waals surface area (Å²) in [6, 6.07) is 8.37. The highest BCUT2D eigenvalue weighted by Gasteiger charge is 2.23. The minimum absolute atomic E-state index is 0.0107. The van der Waals surface area contributed by atoms with Gasteiger partial charge in [-0.3, -0.25) is 0 Å². The monoisotopic (exact) mass is 289 g/mol. The zero-order valence-electron chi connectivity index (χ0n) is 13.3. The Morgan fingerprint density at radius 2 is 2.10 bits per heavy atom. The molecular formula is C17H27N3O. The Labute approximate surface area is 127 Å². The van der Waals surface area contributed by atoms with Gasteiger partial charge in [0, 0.05) is 11.6 Å². The standard InChI is InChI=1S/C17H27N3O/c1-12(2)7-6-8-13(3)19-17(18)20-15-11-21-16-10-5-4-9-14(15)16/h4-5,9-10,12-13,15H,6-8,11H2,1-3H3,(H3,18,19,20). The Morgan fingerprint density at radius 3 is 2.86 bits per heavy atom. The molecule has 0 radical (unpaired) electrons. The van der Waals surface area contributed by atoms with E-state index in [9.17, 15) is 0 Å². The summed E-state index contributed by atoms with van der Waals surface area (Å²) in [6.07, 6.45) is 3.59. The van der Waals surface area contributed by atoms with E-state index in [1.54, 1.807) is 0 Å². The molecule has 116 valence electrons. The number of rotatable bonds is 6. The fourth-order valence-corrected chi connectivity index (χ4v) is 2.61. The summed E-state index contributed by atoms with van der Waals surface area (Å²) >= 11 is 0. The molecule has 2 rings (SSSR count). The van der Waals surface area contributed by atoms with E-state index in [0.29, 0.717) is 18.6 Å². The highest BCUT2D eigenvalue weighted by Crippen LogP contribution is 2.33. The predicted molar refractivity (Wildman–Crippen MR) is 87.6 cm³/mol. The molecule has 1 aromatic carbocycles. The van der Waals surface area contributed by atoms with Gasteiger partial charge in [-0.1, -0.05) is 44.9 Å². The first kappa shape index (κ1) is 15.7. The quantitative estimate of drug-likeness (QED) is 0.624. The van der Waals surface area contributed by atoms with Crippen LogP contribution in [0.2, 0.25) is 0 Å². The van der Waals surface area contributed by atoms with Crippen molar-refractivity contribution in [1.82, 2.24) is 5.32 Å². The van der Waals surface area contributed by atoms with Crippen LogP contribution in [0.5, 0.6) is 5.75 Å². The Hall–Kier alpha value is -1.71. The molecular weight excluding hydrogens is 262 g/mol. The number of nitrogens with one attached hydrogen (secondary N) is 1. The molecule has 4 heteroatoms. The van der Waals surface area contributed by atoms with E-state index in [-0.39, 0.29) is 6.04 Å². The molecule has 0 aliphatic carbocycles. The van der Waals surface area contributed by atoms with Crippen molar-refractivity contribution in [2.75, 3.05) is 6.61 Å². The number of guanidine groups is 1. The second-order valence-electron chi connectivity index (χ2n) is 6.25. The maximum atomic E-state index is 6.03. The van der Waals surface area contributed by atoms with Crippen molar-refractivity contribution in [1.29, 1.82) is 0 Å². The molecule has 0 spiro atoms. The van der Waals surface area contributed by atoms with Gasteiger partial charge in [-0.25, -0.2) is 4.99 Å². The first-order chi connectivity index (χ1) is 10.1. The first-order valence-corrected chi connectivity index (χ1v) is 7.87. The topological polar surface area (TPSA) is 59.6 Å². The third-order valence-corrected chi connectivity index (χ3v) is 3.78. The molecule has 3 N–H and O–H groups in total. The number of nitrogens with two attached hydrogens (primary N) is 1. The summed E-state index contributed by atoms with van der Waals surface area (Å²) in [6.45, 7) is 7.24. The first-order valence-electron chi connectivity index (χ1n) is 7.87. The number of nitrogens with zero attached hydrogens (tertiary/aromatic N) is 1. The lowest BCUT2D eigenvalue weighted by molar-refractivity contribution is 0.333. The van der Waals surface area contributed by atoms with Crippen molar-refractivity contribution < 1.29 is 4.74 Å². The smallest absolute Gasteiger partial charge is 0.189 e. The van der Waals surface area contributed by atoms with E-state index in [0.717, 1.165) is 23.7 Å². The molecule has 0 amide bonds. The van der Waals surface area contributed by atoms with Gasteiger partial charge in [0.1, 0.15) is 18.4 Å². The normalized spacial score (nSPS) is 19.2. The minimum Gasteiger partial charge on any atom is -0.491 e. The third kappa shape index (κ3) is 4.66. The molecule has 0 aromatic heterocycles. The van der Waals surface area contributed by atoms with Gasteiger partial charge in [-0.05, 0) is 25.3 Å². The summed E-state index contributed by atoms with van der Waals surface area (Å²) in [4.78, 5) is 4.56. The van der Waals surface area contributed by atoms with Crippen molar-refractivity contribution in [3.8, 4) is 5.75 Å². The lowest BCUT2D eigenvalue weighted by Gasteiger charge is -2.16. The summed E-state index contributed by atoms with van der Waals surface area (Å²) < 4.78 is 5.62. The molecule has 21 heavy (non-hydrogen) atoms. The molecule has 0 bridgehead atoms. The van der Waals surface area contributed by atoms with E-state index < -0.39 is 0 Å². The number of hydrogen-bond donors (Lipinski definition) is 2. The van der Waals surface area contributed by atoms with Crippen molar-refractivity contribution in [3.63, 3.8) is 0 Å². The van der Waals surface area contributed by atoms with Gasteiger partial charge < -0.3 is 15.8 Å². The summed E-state index contributed by atoms with van der Waals surface area (Å²) in [5.41, 5.74) is 7.15. The summed E-state index contributed by atoms with van der Waals surface area (Å²) in [5, 5.41) is 3.28. The van der Waals surface area contributed by atoms with Gasteiger partial charge in [-0.15, -0.1) is 0 Å². The van der Waals surface area contributed by atoms with Crippen LogP contribution in [0, 0.1) is 5.92 Å². The van der Waals surface area contributed by atoms with Crippen LogP contribution in [0.3, 0.4) is 0 Å². The van der Waals surface area contributed by atoms with Gasteiger partial charge in [0.05, 0.1) is 0 Å². The number of benzene rings is 1. The number of hydrogen-bond acceptors (Lipinski definition) is 2. The molecule has 2 unspecified atom stereocenters. The fourth-order valence-electron chi connectivity index (χ4n) is 2.61. The van der Waals surface area contributed by atoms with Crippen LogP contribution in [0.4, 0.5) is 0 Å². The minimum atomic E-state index is 0.0107. The van der Waals surface area contributed by atoms with E-state index in [4.69, 9.17) is 10.5 Å². The van der Waals surface area contributed by atoms with Crippen LogP contribution in [0.25, 0.3) is 0 Å². The van der Waals surface area contributed by atoms with Crippen LogP contribution in [0.1, 0.15) is 51.6 Å². The molecule has 0 fully saturated rings. The molecule has 4 nitrogen and oxygen atoms in total. The van der Waals surface area contributed by atoms with Crippen LogP contribution in [-0.2, 0) is 0 Å². The van der Waals surface area contributed by atoms with Crippen LogP contribution in [0.15, 0.2) is 29.3 Å². The third-order valence-electron chi connectivity index (χ3n) is 3.78. The second-order valence-corrected chi connectivity index (χ2v) is 6.25. The Kier molecular flexibility index (Phi) is 5.48. The SMILES string of the molecule is CC(C)CCCC(C)NC(N)=NC1COc2ccccc21. The largest absolute Gasteiger partial charge is 0.491 e. The van der Waals surface area contributed by atoms with Gasteiger partial charge in [0.15, 0.2) is 5.96 Å². The molecule has 1 aliphatic rings. The molecule has 2 atom stereocenters. The van der Waals surface area contributed by atoms with Gasteiger partial charge in [0.25, 0.3) is 0 Å². The zero-order chi connectivity index (χ0) is 15.2. The van der Waals surface area contributed by atoms with E-state index >= 15 is 0 Å². The van der Waals surface area contributed by atoms with Crippen LogP contribution >= 0.6 is 0 Å². The number of ether oxygens (including phenoxy) is 1.